The van der Waals surface area contributed by atoms with Gasteiger partial charge in [0.05, 0.1) is 11.8 Å². The van der Waals surface area contributed by atoms with Crippen LogP contribution in [0.25, 0.3) is 10.1 Å². The number of nitrogens with zero attached hydrogens (tertiary/aromatic N) is 2. The summed E-state index contributed by atoms with van der Waals surface area (Å²) in [5.74, 6) is -0.0159. The van der Waals surface area contributed by atoms with Crippen LogP contribution in [0, 0.1) is 0 Å². The van der Waals surface area contributed by atoms with Crippen molar-refractivity contribution >= 4 is 49.0 Å². The van der Waals surface area contributed by atoms with E-state index in [4.69, 9.17) is 11.6 Å². The molecule has 1 amide bonds. The molecule has 2 aromatic heterocycles. The topological polar surface area (TPSA) is 81.1 Å². The third kappa shape index (κ3) is 4.20. The first-order valence-corrected chi connectivity index (χ1v) is 12.5. The Morgan fingerprint density at radius 1 is 1.34 bits per heavy atom. The summed E-state index contributed by atoms with van der Waals surface area (Å²) in [5, 5.41) is 2.73. The second-order valence-electron chi connectivity index (χ2n) is 7.29. The highest BCUT2D eigenvalue weighted by molar-refractivity contribution is 7.91. The van der Waals surface area contributed by atoms with Crippen LogP contribution in [-0.2, 0) is 23.0 Å². The van der Waals surface area contributed by atoms with Gasteiger partial charge in [0.25, 0.3) is 5.91 Å². The Morgan fingerprint density at radius 3 is 2.83 bits per heavy atom. The van der Waals surface area contributed by atoms with Gasteiger partial charge in [-0.2, -0.15) is 0 Å². The zero-order chi connectivity index (χ0) is 20.6. The molecule has 0 unspecified atom stereocenters. The molecule has 1 N–H and O–H groups in total. The number of nitrogens with one attached hydrogen (secondary N) is 1. The van der Waals surface area contributed by atoms with Gasteiger partial charge in [0.1, 0.15) is 11.5 Å². The van der Waals surface area contributed by atoms with Gasteiger partial charge in [0.15, 0.2) is 5.15 Å². The van der Waals surface area contributed by atoms with E-state index in [1.54, 1.807) is 15.9 Å². The molecule has 1 aromatic carbocycles. The monoisotopic (exact) mass is 451 g/mol. The third-order valence-corrected chi connectivity index (χ3v) is 8.16. The lowest BCUT2D eigenvalue weighted by Gasteiger charge is -2.12. The molecule has 6 nitrogen and oxygen atoms in total. The van der Waals surface area contributed by atoms with Crippen molar-refractivity contribution in [3.05, 3.63) is 51.9 Å². The van der Waals surface area contributed by atoms with Crippen molar-refractivity contribution in [3.63, 3.8) is 0 Å². The fourth-order valence-corrected chi connectivity index (χ4v) is 5.86. The summed E-state index contributed by atoms with van der Waals surface area (Å²) in [5.41, 5.74) is 1.16. The number of aromatic nitrogens is 2. The Labute approximate surface area is 179 Å². The number of hydrogen-bond acceptors (Lipinski definition) is 5. The Balaban J connectivity index is 1.72. The zero-order valence-corrected chi connectivity index (χ0v) is 18.4. The van der Waals surface area contributed by atoms with E-state index in [9.17, 15) is 13.2 Å². The number of fused-ring (bicyclic) bond motifs is 1. The lowest BCUT2D eigenvalue weighted by molar-refractivity contribution is 0.0972. The maximum atomic E-state index is 12.9. The van der Waals surface area contributed by atoms with Crippen LogP contribution in [0.15, 0.2) is 29.6 Å². The number of halogens is 1. The fraction of sp³-hybridized carbons (Fsp3) is 0.400. The highest BCUT2D eigenvalue weighted by atomic mass is 35.5. The number of unbranched alkanes of at least 4 members (excludes halogenated alkanes) is 1. The quantitative estimate of drug-likeness (QED) is 0.551. The third-order valence-electron chi connectivity index (χ3n) is 5.06. The van der Waals surface area contributed by atoms with E-state index in [-0.39, 0.29) is 10.8 Å². The van der Waals surface area contributed by atoms with Crippen molar-refractivity contribution in [1.82, 2.24) is 14.3 Å². The predicted octanol–water partition coefficient (Wildman–Crippen LogP) is 4.36. The van der Waals surface area contributed by atoms with Crippen LogP contribution in [0.1, 0.15) is 54.5 Å². The van der Waals surface area contributed by atoms with E-state index < -0.39 is 21.2 Å². The van der Waals surface area contributed by atoms with Gasteiger partial charge in [-0.15, -0.1) is 11.3 Å². The van der Waals surface area contributed by atoms with E-state index in [1.165, 1.54) is 0 Å². The highest BCUT2D eigenvalue weighted by Gasteiger charge is 2.38. The highest BCUT2D eigenvalue weighted by Crippen LogP contribution is 2.30. The molecule has 0 spiro atoms. The number of thiophene rings is 1. The standard InChI is InChI=1S/C20H22ClN3O3S2/c1-2-3-8-17-22-19(21)18(20(25)23-29(26,27)14-9-10-14)24(17)11-13-12-28-16-7-5-4-6-15(13)16/h4-7,12,14H,2-3,8-11H2,1H3,(H,23,25). The number of sulfonamides is 1. The number of carbonyl (C=O) groups is 1. The van der Waals surface area contributed by atoms with Crippen LogP contribution in [0.5, 0.6) is 0 Å². The molecule has 29 heavy (non-hydrogen) atoms. The normalized spacial score (nSPS) is 14.4. The molecular weight excluding hydrogens is 430 g/mol. The Bertz CT molecular complexity index is 1160. The van der Waals surface area contributed by atoms with Crippen LogP contribution < -0.4 is 4.72 Å². The van der Waals surface area contributed by atoms with Crippen molar-refractivity contribution in [1.29, 1.82) is 0 Å². The summed E-state index contributed by atoms with van der Waals surface area (Å²) in [6, 6.07) is 8.07. The second kappa shape index (κ2) is 8.08. The predicted molar refractivity (Wildman–Crippen MR) is 116 cm³/mol. The summed E-state index contributed by atoms with van der Waals surface area (Å²) >= 11 is 7.96. The lowest BCUT2D eigenvalue weighted by Crippen LogP contribution is -2.35. The number of aryl methyl sites for hydroxylation is 1. The minimum Gasteiger partial charge on any atom is -0.318 e. The molecule has 0 aliphatic heterocycles. The number of amides is 1. The lowest BCUT2D eigenvalue weighted by atomic mass is 10.1. The van der Waals surface area contributed by atoms with Crippen LogP contribution in [-0.4, -0.2) is 29.1 Å². The molecule has 3 aromatic rings. The first-order chi connectivity index (χ1) is 13.9. The molecule has 1 aliphatic carbocycles. The molecule has 0 bridgehead atoms. The fourth-order valence-electron chi connectivity index (χ4n) is 3.34. The Morgan fingerprint density at radius 2 is 2.10 bits per heavy atom. The maximum Gasteiger partial charge on any atom is 0.284 e. The van der Waals surface area contributed by atoms with Gasteiger partial charge in [-0.3, -0.25) is 4.79 Å². The molecule has 0 radical (unpaired) electrons. The van der Waals surface area contributed by atoms with Crippen LogP contribution >= 0.6 is 22.9 Å². The van der Waals surface area contributed by atoms with Gasteiger partial charge in [-0.25, -0.2) is 18.1 Å². The molecule has 1 aliphatic rings. The van der Waals surface area contributed by atoms with Gasteiger partial charge in [0, 0.05) is 11.1 Å². The Kier molecular flexibility index (Phi) is 5.68. The molecule has 2 heterocycles. The molecule has 9 heteroatoms. The average Bonchev–Trinajstić information content (AvgIpc) is 3.41. The van der Waals surface area contributed by atoms with Crippen molar-refractivity contribution in [3.8, 4) is 0 Å². The van der Waals surface area contributed by atoms with Crippen LogP contribution in [0.4, 0.5) is 0 Å². The van der Waals surface area contributed by atoms with E-state index in [1.807, 2.05) is 18.2 Å². The molecule has 4 rings (SSSR count). The van der Waals surface area contributed by atoms with Gasteiger partial charge < -0.3 is 4.57 Å². The molecule has 0 saturated heterocycles. The number of imidazole rings is 1. The van der Waals surface area contributed by atoms with Crippen LogP contribution in [0.2, 0.25) is 5.15 Å². The van der Waals surface area contributed by atoms with Gasteiger partial charge in [0.2, 0.25) is 10.0 Å². The minimum absolute atomic E-state index is 0.0409. The van der Waals surface area contributed by atoms with Gasteiger partial charge in [-0.05, 0) is 41.7 Å². The number of rotatable bonds is 8. The van der Waals surface area contributed by atoms with E-state index in [0.29, 0.717) is 31.6 Å². The smallest absolute Gasteiger partial charge is 0.284 e. The van der Waals surface area contributed by atoms with Crippen molar-refractivity contribution in [2.24, 2.45) is 0 Å². The second-order valence-corrected chi connectivity index (χ2v) is 10.5. The molecule has 0 atom stereocenters. The molecule has 1 fully saturated rings. The van der Waals surface area contributed by atoms with E-state index in [0.717, 1.165) is 28.5 Å². The first kappa shape index (κ1) is 20.4. The number of carbonyl (C=O) groups excluding carboxylic acids is 1. The minimum atomic E-state index is -3.67. The SMILES string of the molecule is CCCCc1nc(Cl)c(C(=O)NS(=O)(=O)C2CC2)n1Cc1csc2ccccc12. The van der Waals surface area contributed by atoms with Crippen molar-refractivity contribution in [2.75, 3.05) is 0 Å². The van der Waals surface area contributed by atoms with E-state index in [2.05, 4.69) is 28.1 Å². The molecule has 154 valence electrons. The number of hydrogen-bond donors (Lipinski definition) is 1. The number of benzene rings is 1. The van der Waals surface area contributed by atoms with Crippen molar-refractivity contribution < 1.29 is 13.2 Å². The molecule has 1 saturated carbocycles. The summed E-state index contributed by atoms with van der Waals surface area (Å²) in [6.07, 6.45) is 3.71. The van der Waals surface area contributed by atoms with Gasteiger partial charge in [-0.1, -0.05) is 43.1 Å². The summed E-state index contributed by atoms with van der Waals surface area (Å²) in [7, 11) is -3.67. The van der Waals surface area contributed by atoms with E-state index >= 15 is 0 Å². The molecular formula is C20H22ClN3O3S2. The summed E-state index contributed by atoms with van der Waals surface area (Å²) in [4.78, 5) is 17.3. The largest absolute Gasteiger partial charge is 0.318 e. The van der Waals surface area contributed by atoms with Crippen molar-refractivity contribution in [2.45, 2.75) is 50.8 Å². The van der Waals surface area contributed by atoms with Crippen LogP contribution in [0.3, 0.4) is 0 Å². The first-order valence-electron chi connectivity index (χ1n) is 9.66. The Hall–Kier alpha value is -1.90. The average molecular weight is 452 g/mol. The zero-order valence-electron chi connectivity index (χ0n) is 16.0. The summed E-state index contributed by atoms with van der Waals surface area (Å²) in [6.45, 7) is 2.49. The summed E-state index contributed by atoms with van der Waals surface area (Å²) < 4.78 is 29.7. The maximum absolute atomic E-state index is 12.9. The van der Waals surface area contributed by atoms with Gasteiger partial charge >= 0.3 is 0 Å².